The molecule has 3 rings (SSSR count). The zero-order chi connectivity index (χ0) is 18.2. The van der Waals surface area contributed by atoms with Gasteiger partial charge in [0.1, 0.15) is 5.60 Å². The average molecular weight is 396 g/mol. The van der Waals surface area contributed by atoms with Crippen LogP contribution in [0.2, 0.25) is 5.02 Å². The van der Waals surface area contributed by atoms with Crippen LogP contribution in [0, 0.1) is 6.92 Å². The Balaban J connectivity index is 1.81. The molecule has 0 saturated heterocycles. The number of aryl methyl sites for hydroxylation is 1. The third kappa shape index (κ3) is 3.88. The van der Waals surface area contributed by atoms with E-state index < -0.39 is 15.6 Å². The molecule has 2 aromatic carbocycles. The number of rotatable bonds is 5. The monoisotopic (exact) mass is 395 g/mol. The minimum Gasteiger partial charge on any atom is -0.383 e. The van der Waals surface area contributed by atoms with Crippen LogP contribution >= 0.6 is 22.9 Å². The fraction of sp³-hybridized carbons (Fsp3) is 0.222. The van der Waals surface area contributed by atoms with Gasteiger partial charge in [-0.25, -0.2) is 13.1 Å². The first-order valence-corrected chi connectivity index (χ1v) is 10.3. The Morgan fingerprint density at radius 2 is 1.92 bits per heavy atom. The number of aliphatic hydroxyl groups is 1. The van der Waals surface area contributed by atoms with Crippen molar-refractivity contribution in [3.8, 4) is 0 Å². The number of halogens is 1. The summed E-state index contributed by atoms with van der Waals surface area (Å²) < 4.78 is 28.5. The molecule has 132 valence electrons. The molecule has 0 aliphatic rings. The topological polar surface area (TPSA) is 66.4 Å². The molecule has 0 fully saturated rings. The lowest BCUT2D eigenvalue weighted by atomic mass is 10.1. The number of hydrogen-bond acceptors (Lipinski definition) is 4. The largest absolute Gasteiger partial charge is 0.383 e. The van der Waals surface area contributed by atoms with Crippen LogP contribution in [0.15, 0.2) is 53.4 Å². The van der Waals surface area contributed by atoms with Crippen LogP contribution in [0.5, 0.6) is 0 Å². The minimum atomic E-state index is -3.76. The Bertz CT molecular complexity index is 993. The first-order chi connectivity index (χ1) is 11.7. The molecule has 0 radical (unpaired) electrons. The Hall–Kier alpha value is -1.44. The number of fused-ring (bicyclic) bond motifs is 1. The number of sulfonamides is 1. The van der Waals surface area contributed by atoms with E-state index in [0.717, 1.165) is 15.6 Å². The highest BCUT2D eigenvalue weighted by molar-refractivity contribution is 7.89. The Morgan fingerprint density at radius 1 is 1.20 bits per heavy atom. The summed E-state index contributed by atoms with van der Waals surface area (Å²) >= 11 is 7.46. The van der Waals surface area contributed by atoms with Crippen LogP contribution in [-0.4, -0.2) is 20.1 Å². The van der Waals surface area contributed by atoms with Gasteiger partial charge in [0.2, 0.25) is 10.0 Å². The van der Waals surface area contributed by atoms with Crippen LogP contribution in [0.1, 0.15) is 17.4 Å². The second kappa shape index (κ2) is 6.70. The van der Waals surface area contributed by atoms with Crippen molar-refractivity contribution in [1.29, 1.82) is 0 Å². The molecule has 3 aromatic rings. The fourth-order valence-corrected chi connectivity index (χ4v) is 4.90. The first kappa shape index (κ1) is 18.4. The lowest BCUT2D eigenvalue weighted by molar-refractivity contribution is 0.0666. The standard InChI is InChI=1S/C18H18ClNO3S2/c1-12-7-8-14(10-15(12)19)25(22,23)20-11-18(2,21)17-9-13-5-3-4-6-16(13)24-17/h3-10,20-21H,11H2,1-2H3. The van der Waals surface area contributed by atoms with Crippen LogP contribution in [0.25, 0.3) is 10.1 Å². The molecule has 0 aliphatic carbocycles. The van der Waals surface area contributed by atoms with Gasteiger partial charge in [-0.2, -0.15) is 0 Å². The van der Waals surface area contributed by atoms with Gasteiger partial charge in [0, 0.05) is 21.1 Å². The second-order valence-corrected chi connectivity index (χ2v) is 9.42. The summed E-state index contributed by atoms with van der Waals surface area (Å²) in [6.07, 6.45) is 0. The van der Waals surface area contributed by atoms with Crippen molar-refractivity contribution < 1.29 is 13.5 Å². The summed E-state index contributed by atoms with van der Waals surface area (Å²) in [6.45, 7) is 3.27. The van der Waals surface area contributed by atoms with E-state index in [9.17, 15) is 13.5 Å². The van der Waals surface area contributed by atoms with Gasteiger partial charge in [0.05, 0.1) is 4.90 Å². The number of benzene rings is 2. The highest BCUT2D eigenvalue weighted by Gasteiger charge is 2.28. The van der Waals surface area contributed by atoms with Gasteiger partial charge in [0.25, 0.3) is 0 Å². The molecule has 1 heterocycles. The van der Waals surface area contributed by atoms with E-state index in [2.05, 4.69) is 4.72 Å². The lowest BCUT2D eigenvalue weighted by Gasteiger charge is -2.22. The van der Waals surface area contributed by atoms with Crippen LogP contribution < -0.4 is 4.72 Å². The van der Waals surface area contributed by atoms with E-state index in [1.165, 1.54) is 23.5 Å². The van der Waals surface area contributed by atoms with Crippen LogP contribution in [0.4, 0.5) is 0 Å². The second-order valence-electron chi connectivity index (χ2n) is 6.16. The highest BCUT2D eigenvalue weighted by Crippen LogP contribution is 2.33. The summed E-state index contributed by atoms with van der Waals surface area (Å²) in [6, 6.07) is 14.2. The van der Waals surface area contributed by atoms with E-state index >= 15 is 0 Å². The maximum absolute atomic E-state index is 12.5. The van der Waals surface area contributed by atoms with Crippen molar-refractivity contribution in [2.75, 3.05) is 6.54 Å². The average Bonchev–Trinajstić information content (AvgIpc) is 3.01. The van der Waals surface area contributed by atoms with Crippen molar-refractivity contribution >= 4 is 43.0 Å². The summed E-state index contributed by atoms with van der Waals surface area (Å²) in [5.41, 5.74) is -0.511. The molecule has 25 heavy (non-hydrogen) atoms. The van der Waals surface area contributed by atoms with E-state index in [0.29, 0.717) is 9.90 Å². The van der Waals surface area contributed by atoms with E-state index in [4.69, 9.17) is 11.6 Å². The number of hydrogen-bond donors (Lipinski definition) is 2. The molecule has 4 nitrogen and oxygen atoms in total. The van der Waals surface area contributed by atoms with Gasteiger partial charge in [-0.15, -0.1) is 11.3 Å². The van der Waals surface area contributed by atoms with E-state index in [1.807, 2.05) is 30.3 Å². The molecule has 0 spiro atoms. The SMILES string of the molecule is Cc1ccc(S(=O)(=O)NCC(C)(O)c2cc3ccccc3s2)cc1Cl. The Labute approximate surface area is 156 Å². The maximum Gasteiger partial charge on any atom is 0.240 e. The van der Waals surface area contributed by atoms with Gasteiger partial charge in [-0.1, -0.05) is 35.9 Å². The highest BCUT2D eigenvalue weighted by atomic mass is 35.5. The Kier molecular flexibility index (Phi) is 4.92. The van der Waals surface area contributed by atoms with E-state index in [-0.39, 0.29) is 11.4 Å². The van der Waals surface area contributed by atoms with Gasteiger partial charge >= 0.3 is 0 Å². The van der Waals surface area contributed by atoms with Crippen molar-refractivity contribution in [2.45, 2.75) is 24.3 Å². The zero-order valence-electron chi connectivity index (χ0n) is 13.8. The molecule has 7 heteroatoms. The van der Waals surface area contributed by atoms with Crippen molar-refractivity contribution in [3.63, 3.8) is 0 Å². The minimum absolute atomic E-state index is 0.0789. The fourth-order valence-electron chi connectivity index (χ4n) is 2.39. The molecule has 0 bridgehead atoms. The summed E-state index contributed by atoms with van der Waals surface area (Å²) in [5.74, 6) is 0. The number of thiophene rings is 1. The molecule has 1 atom stereocenters. The lowest BCUT2D eigenvalue weighted by Crippen LogP contribution is -2.38. The van der Waals surface area contributed by atoms with Gasteiger partial charge in [-0.3, -0.25) is 0 Å². The first-order valence-electron chi connectivity index (χ1n) is 7.66. The summed E-state index contributed by atoms with van der Waals surface area (Å²) in [7, 11) is -3.76. The predicted octanol–water partition coefficient (Wildman–Crippen LogP) is 4.05. The van der Waals surface area contributed by atoms with Crippen molar-refractivity contribution in [2.24, 2.45) is 0 Å². The van der Waals surface area contributed by atoms with Gasteiger partial charge < -0.3 is 5.11 Å². The van der Waals surface area contributed by atoms with Crippen LogP contribution in [0.3, 0.4) is 0 Å². The van der Waals surface area contributed by atoms with Crippen molar-refractivity contribution in [3.05, 3.63) is 64.0 Å². The zero-order valence-corrected chi connectivity index (χ0v) is 16.2. The predicted molar refractivity (Wildman–Crippen MR) is 103 cm³/mol. The molecular weight excluding hydrogens is 378 g/mol. The van der Waals surface area contributed by atoms with Crippen LogP contribution in [-0.2, 0) is 15.6 Å². The molecule has 0 aliphatic heterocycles. The third-order valence-corrected chi connectivity index (χ3v) is 7.19. The third-order valence-electron chi connectivity index (χ3n) is 4.02. The Morgan fingerprint density at radius 3 is 2.60 bits per heavy atom. The molecule has 1 aromatic heterocycles. The molecule has 0 saturated carbocycles. The normalized spacial score (nSPS) is 14.6. The molecule has 0 amide bonds. The van der Waals surface area contributed by atoms with Gasteiger partial charge in [0.15, 0.2) is 0 Å². The van der Waals surface area contributed by atoms with E-state index in [1.54, 1.807) is 19.9 Å². The summed E-state index contributed by atoms with van der Waals surface area (Å²) in [4.78, 5) is 0.786. The molecule has 1 unspecified atom stereocenters. The smallest absolute Gasteiger partial charge is 0.240 e. The van der Waals surface area contributed by atoms with Gasteiger partial charge in [-0.05, 0) is 49.1 Å². The number of nitrogens with one attached hydrogen (secondary N) is 1. The molecule has 2 N–H and O–H groups in total. The summed E-state index contributed by atoms with van der Waals surface area (Å²) in [5, 5.41) is 12.2. The molecular formula is C18H18ClNO3S2. The van der Waals surface area contributed by atoms with Crippen molar-refractivity contribution in [1.82, 2.24) is 4.72 Å². The quantitative estimate of drug-likeness (QED) is 0.684. The maximum atomic E-state index is 12.5.